The Bertz CT molecular complexity index is 1100. The second-order valence-corrected chi connectivity index (χ2v) is 6.51. The molecule has 7 heteroatoms. The Morgan fingerprint density at radius 1 is 1.18 bits per heavy atom. The molecule has 0 spiro atoms. The van der Waals surface area contributed by atoms with Crippen molar-refractivity contribution in [3.05, 3.63) is 83.9 Å². The van der Waals surface area contributed by atoms with E-state index in [0.717, 1.165) is 11.3 Å². The minimum Gasteiger partial charge on any atom is -0.321 e. The Labute approximate surface area is 160 Å². The summed E-state index contributed by atoms with van der Waals surface area (Å²) in [7, 11) is 1.85. The highest BCUT2D eigenvalue weighted by Crippen LogP contribution is 2.27. The highest BCUT2D eigenvalue weighted by Gasteiger charge is 2.31. The molecule has 0 fully saturated rings. The van der Waals surface area contributed by atoms with Crippen LogP contribution in [0.1, 0.15) is 15.9 Å². The zero-order chi connectivity index (χ0) is 19.8. The average Bonchev–Trinajstić information content (AvgIpc) is 3.25. The lowest BCUT2D eigenvalue weighted by molar-refractivity contribution is -0.114. The molecule has 1 aliphatic rings. The molecule has 0 bridgehead atoms. The summed E-state index contributed by atoms with van der Waals surface area (Å²) >= 11 is 0. The first kappa shape index (κ1) is 17.7. The molecular weight excluding hydrogens is 359 g/mol. The van der Waals surface area contributed by atoms with Gasteiger partial charge in [-0.3, -0.25) is 19.2 Å². The molecule has 28 heavy (non-hydrogen) atoms. The maximum atomic E-state index is 13.4. The van der Waals surface area contributed by atoms with E-state index in [0.29, 0.717) is 16.8 Å². The Morgan fingerprint density at radius 3 is 2.61 bits per heavy atom. The summed E-state index contributed by atoms with van der Waals surface area (Å²) in [6, 6.07) is 13.1. The molecule has 0 saturated heterocycles. The number of hydrogen-bond acceptors (Lipinski definition) is 3. The number of aryl methyl sites for hydroxylation is 1. The zero-order valence-electron chi connectivity index (χ0n) is 15.1. The fraction of sp³-hybridized carbons (Fsp3) is 0.0952. The van der Waals surface area contributed by atoms with Crippen LogP contribution in [0.3, 0.4) is 0 Å². The molecule has 2 amide bonds. The van der Waals surface area contributed by atoms with Crippen LogP contribution in [-0.2, 0) is 18.4 Å². The van der Waals surface area contributed by atoms with Gasteiger partial charge in [-0.25, -0.2) is 4.39 Å². The standard InChI is InChI=1S/C21H17FN4O2/c1-13(26-12-15-11-16(22)5-8-18(15)21(26)28)20(27)24-17-6-3-14(4-7-17)19-9-10-23-25(19)2/h3-11H,1,12H2,2H3,(H,24,27). The normalized spacial score (nSPS) is 12.8. The Balaban J connectivity index is 1.46. The van der Waals surface area contributed by atoms with E-state index in [4.69, 9.17) is 0 Å². The van der Waals surface area contributed by atoms with E-state index in [1.54, 1.807) is 23.0 Å². The molecule has 1 aromatic heterocycles. The highest BCUT2D eigenvalue weighted by molar-refractivity contribution is 6.09. The number of benzene rings is 2. The third-order valence-electron chi connectivity index (χ3n) is 4.72. The molecule has 140 valence electrons. The molecule has 0 saturated carbocycles. The topological polar surface area (TPSA) is 67.2 Å². The van der Waals surface area contributed by atoms with Crippen LogP contribution in [-0.4, -0.2) is 26.5 Å². The van der Waals surface area contributed by atoms with E-state index in [1.165, 1.54) is 23.1 Å². The van der Waals surface area contributed by atoms with Crippen LogP contribution in [0.25, 0.3) is 11.3 Å². The summed E-state index contributed by atoms with van der Waals surface area (Å²) in [6.45, 7) is 3.87. The third-order valence-corrected chi connectivity index (χ3v) is 4.72. The number of fused-ring (bicyclic) bond motifs is 1. The van der Waals surface area contributed by atoms with Crippen molar-refractivity contribution in [1.82, 2.24) is 14.7 Å². The molecule has 1 aliphatic heterocycles. The molecule has 2 heterocycles. The van der Waals surface area contributed by atoms with Crippen molar-refractivity contribution >= 4 is 17.5 Å². The first-order chi connectivity index (χ1) is 13.4. The quantitative estimate of drug-likeness (QED) is 0.710. The number of anilines is 1. The fourth-order valence-electron chi connectivity index (χ4n) is 3.21. The minimum absolute atomic E-state index is 0.0114. The maximum Gasteiger partial charge on any atom is 0.271 e. The number of amides is 2. The van der Waals surface area contributed by atoms with Gasteiger partial charge in [0.1, 0.15) is 11.5 Å². The number of carbonyl (C=O) groups is 2. The second-order valence-electron chi connectivity index (χ2n) is 6.51. The smallest absolute Gasteiger partial charge is 0.271 e. The van der Waals surface area contributed by atoms with Crippen LogP contribution in [0.4, 0.5) is 10.1 Å². The lowest BCUT2D eigenvalue weighted by Gasteiger charge is -2.18. The van der Waals surface area contributed by atoms with Crippen molar-refractivity contribution in [1.29, 1.82) is 0 Å². The van der Waals surface area contributed by atoms with E-state index in [1.807, 2.05) is 25.2 Å². The van der Waals surface area contributed by atoms with Gasteiger partial charge >= 0.3 is 0 Å². The van der Waals surface area contributed by atoms with Crippen molar-refractivity contribution < 1.29 is 14.0 Å². The largest absolute Gasteiger partial charge is 0.321 e. The van der Waals surface area contributed by atoms with E-state index in [-0.39, 0.29) is 18.1 Å². The summed E-state index contributed by atoms with van der Waals surface area (Å²) in [6.07, 6.45) is 1.71. The van der Waals surface area contributed by atoms with Crippen molar-refractivity contribution in [2.45, 2.75) is 6.54 Å². The van der Waals surface area contributed by atoms with Crippen LogP contribution < -0.4 is 5.32 Å². The van der Waals surface area contributed by atoms with E-state index < -0.39 is 11.7 Å². The van der Waals surface area contributed by atoms with Crippen molar-refractivity contribution in [2.24, 2.45) is 7.05 Å². The Hall–Kier alpha value is -3.74. The van der Waals surface area contributed by atoms with Gasteiger partial charge in [0, 0.05) is 24.5 Å². The van der Waals surface area contributed by atoms with Gasteiger partial charge in [-0.05, 0) is 47.5 Å². The predicted molar refractivity (Wildman–Crippen MR) is 103 cm³/mol. The summed E-state index contributed by atoms with van der Waals surface area (Å²) < 4.78 is 15.1. The van der Waals surface area contributed by atoms with E-state index in [2.05, 4.69) is 17.0 Å². The maximum absolute atomic E-state index is 13.4. The second kappa shape index (κ2) is 6.77. The Morgan fingerprint density at radius 2 is 1.93 bits per heavy atom. The minimum atomic E-state index is -0.491. The van der Waals surface area contributed by atoms with Gasteiger partial charge in [0.25, 0.3) is 11.8 Å². The Kier molecular flexibility index (Phi) is 4.27. The number of rotatable bonds is 4. The lowest BCUT2D eigenvalue weighted by atomic mass is 10.1. The van der Waals surface area contributed by atoms with Crippen molar-refractivity contribution in [2.75, 3.05) is 5.32 Å². The van der Waals surface area contributed by atoms with Crippen LogP contribution in [0.2, 0.25) is 0 Å². The summed E-state index contributed by atoms with van der Waals surface area (Å²) in [5, 5.41) is 6.87. The van der Waals surface area contributed by atoms with Gasteiger partial charge < -0.3 is 5.32 Å². The van der Waals surface area contributed by atoms with Crippen molar-refractivity contribution in [3.63, 3.8) is 0 Å². The lowest BCUT2D eigenvalue weighted by Crippen LogP contribution is -2.30. The summed E-state index contributed by atoms with van der Waals surface area (Å²) in [5.74, 6) is -1.27. The van der Waals surface area contributed by atoms with E-state index >= 15 is 0 Å². The fourth-order valence-corrected chi connectivity index (χ4v) is 3.21. The molecule has 0 radical (unpaired) electrons. The van der Waals surface area contributed by atoms with Gasteiger partial charge in [0.15, 0.2) is 0 Å². The highest BCUT2D eigenvalue weighted by atomic mass is 19.1. The summed E-state index contributed by atoms with van der Waals surface area (Å²) in [4.78, 5) is 26.3. The SMILES string of the molecule is C=C(C(=O)Nc1ccc(-c2ccnn2C)cc1)N1Cc2cc(F)ccc2C1=O. The summed E-state index contributed by atoms with van der Waals surface area (Å²) in [5.41, 5.74) is 3.43. The number of hydrogen-bond donors (Lipinski definition) is 1. The first-order valence-corrected chi connectivity index (χ1v) is 8.63. The van der Waals surface area contributed by atoms with Gasteiger partial charge in [0.05, 0.1) is 12.2 Å². The molecule has 0 aliphatic carbocycles. The van der Waals surface area contributed by atoms with Crippen LogP contribution in [0.5, 0.6) is 0 Å². The molecule has 3 aromatic rings. The predicted octanol–water partition coefficient (Wildman–Crippen LogP) is 3.33. The van der Waals surface area contributed by atoms with Gasteiger partial charge in [0.2, 0.25) is 0 Å². The molecular formula is C21H17FN4O2. The van der Waals surface area contributed by atoms with Gasteiger partial charge in [-0.1, -0.05) is 18.7 Å². The van der Waals surface area contributed by atoms with Crippen LogP contribution >= 0.6 is 0 Å². The number of aromatic nitrogens is 2. The zero-order valence-corrected chi connectivity index (χ0v) is 15.1. The third kappa shape index (κ3) is 3.07. The van der Waals surface area contributed by atoms with Crippen LogP contribution in [0, 0.1) is 5.82 Å². The van der Waals surface area contributed by atoms with Gasteiger partial charge in [-0.2, -0.15) is 5.10 Å². The number of halogens is 1. The van der Waals surface area contributed by atoms with Crippen molar-refractivity contribution in [3.8, 4) is 11.3 Å². The number of carbonyl (C=O) groups excluding carboxylic acids is 2. The van der Waals surface area contributed by atoms with Crippen LogP contribution in [0.15, 0.2) is 67.0 Å². The molecule has 0 atom stereocenters. The molecule has 1 N–H and O–H groups in total. The first-order valence-electron chi connectivity index (χ1n) is 8.63. The molecule has 4 rings (SSSR count). The molecule has 2 aromatic carbocycles. The average molecular weight is 376 g/mol. The molecule has 0 unspecified atom stereocenters. The molecule has 6 nitrogen and oxygen atoms in total. The monoisotopic (exact) mass is 376 g/mol. The van der Waals surface area contributed by atoms with Gasteiger partial charge in [-0.15, -0.1) is 0 Å². The number of nitrogens with zero attached hydrogens (tertiary/aromatic N) is 3. The van der Waals surface area contributed by atoms with E-state index in [9.17, 15) is 14.0 Å². The number of nitrogens with one attached hydrogen (secondary N) is 1.